The van der Waals surface area contributed by atoms with Gasteiger partial charge in [-0.15, -0.1) is 0 Å². The van der Waals surface area contributed by atoms with Gasteiger partial charge in [-0.1, -0.05) is 27.2 Å². The van der Waals surface area contributed by atoms with Crippen LogP contribution in [0.1, 0.15) is 59.3 Å². The third-order valence-electron chi connectivity index (χ3n) is 2.06. The molecule has 0 aliphatic carbocycles. The summed E-state index contributed by atoms with van der Waals surface area (Å²) < 4.78 is 5.57. The molecule has 84 valence electrons. The van der Waals surface area contributed by atoms with E-state index in [1.54, 1.807) is 0 Å². The Morgan fingerprint density at radius 1 is 1.00 bits per heavy atom. The smallest absolute Gasteiger partial charge is 0.133 e. The minimum Gasteiger partial charge on any atom is -0.509 e. The van der Waals surface area contributed by atoms with Crippen LogP contribution in [0.4, 0.5) is 0 Å². The normalized spacial score (nSPS) is 12.5. The Labute approximate surface area is 88.0 Å². The van der Waals surface area contributed by atoms with Crippen LogP contribution in [0.25, 0.3) is 0 Å². The lowest BCUT2D eigenvalue weighted by Crippen LogP contribution is -1.99. The van der Waals surface area contributed by atoms with E-state index >= 15 is 0 Å². The summed E-state index contributed by atoms with van der Waals surface area (Å²) in [5, 5.41) is 9.69. The van der Waals surface area contributed by atoms with Crippen LogP contribution in [0.3, 0.4) is 0 Å². The molecule has 2 heteroatoms. The predicted octanol–water partition coefficient (Wildman–Crippen LogP) is 4.17. The largest absolute Gasteiger partial charge is 0.509 e. The summed E-state index contributed by atoms with van der Waals surface area (Å²) in [5.41, 5.74) is 0. The number of aliphatic hydroxyl groups is 1. The molecule has 14 heavy (non-hydrogen) atoms. The van der Waals surface area contributed by atoms with E-state index in [0.29, 0.717) is 5.76 Å². The maximum Gasteiger partial charge on any atom is 0.133 e. The highest BCUT2D eigenvalue weighted by Crippen LogP contribution is 2.15. The molecule has 0 spiro atoms. The van der Waals surface area contributed by atoms with Crippen LogP contribution in [0.5, 0.6) is 0 Å². The number of rotatable bonds is 8. The van der Waals surface area contributed by atoms with Gasteiger partial charge in [-0.2, -0.15) is 0 Å². The summed E-state index contributed by atoms with van der Waals surface area (Å²) in [6.45, 7) is 7.03. The van der Waals surface area contributed by atoms with Crippen molar-refractivity contribution in [2.45, 2.75) is 59.3 Å². The summed E-state index contributed by atoms with van der Waals surface area (Å²) >= 11 is 0. The molecule has 0 unspecified atom stereocenters. The number of allylic oxidation sites excluding steroid dienone is 2. The minimum absolute atomic E-state index is 0.449. The fraction of sp³-hybridized carbons (Fsp3) is 0.833. The van der Waals surface area contributed by atoms with Gasteiger partial charge in [0.2, 0.25) is 0 Å². The molecule has 0 saturated heterocycles. The molecule has 1 N–H and O–H groups in total. The van der Waals surface area contributed by atoms with Crippen molar-refractivity contribution in [3.05, 3.63) is 11.5 Å². The molecule has 0 rings (SSSR count). The third kappa shape index (κ3) is 5.90. The molecule has 0 saturated carbocycles. The van der Waals surface area contributed by atoms with Crippen molar-refractivity contribution in [2.24, 2.45) is 0 Å². The first-order chi connectivity index (χ1) is 6.76. The zero-order valence-electron chi connectivity index (χ0n) is 9.81. The van der Waals surface area contributed by atoms with Crippen LogP contribution in [-0.4, -0.2) is 11.7 Å². The first-order valence-electron chi connectivity index (χ1n) is 5.79. The molecule has 0 aliphatic heterocycles. The Morgan fingerprint density at radius 3 is 2.14 bits per heavy atom. The molecule has 0 amide bonds. The van der Waals surface area contributed by atoms with Crippen molar-refractivity contribution >= 4 is 0 Å². The number of aliphatic hydroxyl groups excluding tert-OH is 1. The average Bonchev–Trinajstić information content (AvgIpc) is 2.17. The van der Waals surface area contributed by atoms with Gasteiger partial charge in [0.15, 0.2) is 0 Å². The maximum atomic E-state index is 9.69. The lowest BCUT2D eigenvalue weighted by molar-refractivity contribution is 0.173. The zero-order valence-corrected chi connectivity index (χ0v) is 9.81. The van der Waals surface area contributed by atoms with Gasteiger partial charge in [-0.25, -0.2) is 0 Å². The number of ether oxygens (including phenoxy) is 1. The second kappa shape index (κ2) is 8.92. The zero-order chi connectivity index (χ0) is 10.8. The molecule has 0 aromatic heterocycles. The van der Waals surface area contributed by atoms with E-state index in [0.717, 1.165) is 50.9 Å². The van der Waals surface area contributed by atoms with Gasteiger partial charge in [0.25, 0.3) is 0 Å². The van der Waals surface area contributed by atoms with E-state index in [4.69, 9.17) is 4.74 Å². The second-order valence-corrected chi connectivity index (χ2v) is 3.57. The summed E-state index contributed by atoms with van der Waals surface area (Å²) in [5.74, 6) is 1.26. The van der Waals surface area contributed by atoms with Gasteiger partial charge in [0.05, 0.1) is 6.61 Å². The molecule has 0 heterocycles. The molecule has 0 fully saturated rings. The number of unbranched alkanes of at least 4 members (excludes halogenated alkanes) is 1. The van der Waals surface area contributed by atoms with E-state index in [-0.39, 0.29) is 0 Å². The van der Waals surface area contributed by atoms with E-state index in [1.807, 2.05) is 0 Å². The van der Waals surface area contributed by atoms with Crippen LogP contribution < -0.4 is 0 Å². The highest BCUT2D eigenvalue weighted by atomic mass is 16.5. The first-order valence-corrected chi connectivity index (χ1v) is 5.79. The number of hydrogen-bond acceptors (Lipinski definition) is 2. The summed E-state index contributed by atoms with van der Waals surface area (Å²) in [6.07, 6.45) is 5.78. The monoisotopic (exact) mass is 200 g/mol. The van der Waals surface area contributed by atoms with Crippen molar-refractivity contribution in [2.75, 3.05) is 6.61 Å². The van der Waals surface area contributed by atoms with Crippen molar-refractivity contribution in [1.29, 1.82) is 0 Å². The SMILES string of the molecule is CCCCO/C(CCC)=C(/O)CCC. The molecule has 0 atom stereocenters. The fourth-order valence-electron chi connectivity index (χ4n) is 1.24. The topological polar surface area (TPSA) is 29.5 Å². The molecule has 0 aliphatic rings. The first kappa shape index (κ1) is 13.3. The van der Waals surface area contributed by atoms with Gasteiger partial charge in [-0.3, -0.25) is 0 Å². The van der Waals surface area contributed by atoms with E-state index in [9.17, 15) is 5.11 Å². The molecule has 0 bridgehead atoms. The summed E-state index contributed by atoms with van der Waals surface area (Å²) in [6, 6.07) is 0. The van der Waals surface area contributed by atoms with Gasteiger partial charge >= 0.3 is 0 Å². The molecular weight excluding hydrogens is 176 g/mol. The Bertz CT molecular complexity index is 162. The number of hydrogen-bond donors (Lipinski definition) is 1. The van der Waals surface area contributed by atoms with E-state index in [1.165, 1.54) is 0 Å². The Balaban J connectivity index is 4.04. The van der Waals surface area contributed by atoms with Crippen LogP contribution in [-0.2, 0) is 4.74 Å². The van der Waals surface area contributed by atoms with E-state index in [2.05, 4.69) is 20.8 Å². The summed E-state index contributed by atoms with van der Waals surface area (Å²) in [7, 11) is 0. The predicted molar refractivity (Wildman–Crippen MR) is 60.3 cm³/mol. The van der Waals surface area contributed by atoms with Crippen LogP contribution in [0.15, 0.2) is 11.5 Å². The third-order valence-corrected chi connectivity index (χ3v) is 2.06. The van der Waals surface area contributed by atoms with Crippen LogP contribution in [0, 0.1) is 0 Å². The quantitative estimate of drug-likeness (QED) is 0.470. The lowest BCUT2D eigenvalue weighted by Gasteiger charge is -2.11. The van der Waals surface area contributed by atoms with Gasteiger partial charge in [0, 0.05) is 12.8 Å². The molecular formula is C12H24O2. The van der Waals surface area contributed by atoms with Crippen molar-refractivity contribution in [3.63, 3.8) is 0 Å². The van der Waals surface area contributed by atoms with Gasteiger partial charge in [-0.05, 0) is 19.3 Å². The average molecular weight is 200 g/mol. The van der Waals surface area contributed by atoms with Gasteiger partial charge < -0.3 is 9.84 Å². The van der Waals surface area contributed by atoms with Crippen LogP contribution in [0.2, 0.25) is 0 Å². The standard InChI is InChI=1S/C12H24O2/c1-4-7-10-14-12(9-6-3)11(13)8-5-2/h13H,4-10H2,1-3H3/b12-11+. The Kier molecular flexibility index (Phi) is 8.50. The lowest BCUT2D eigenvalue weighted by atomic mass is 10.2. The Morgan fingerprint density at radius 2 is 1.64 bits per heavy atom. The second-order valence-electron chi connectivity index (χ2n) is 3.57. The summed E-state index contributed by atoms with van der Waals surface area (Å²) in [4.78, 5) is 0. The molecule has 2 nitrogen and oxygen atoms in total. The minimum atomic E-state index is 0.449. The molecule has 0 aromatic carbocycles. The van der Waals surface area contributed by atoms with Crippen LogP contribution >= 0.6 is 0 Å². The van der Waals surface area contributed by atoms with Crippen molar-refractivity contribution < 1.29 is 9.84 Å². The fourth-order valence-corrected chi connectivity index (χ4v) is 1.24. The highest BCUT2D eigenvalue weighted by molar-refractivity contribution is 4.99. The maximum absolute atomic E-state index is 9.69. The molecule has 0 aromatic rings. The van der Waals surface area contributed by atoms with Gasteiger partial charge in [0.1, 0.15) is 11.5 Å². The highest BCUT2D eigenvalue weighted by Gasteiger charge is 2.05. The van der Waals surface area contributed by atoms with Crippen molar-refractivity contribution in [3.8, 4) is 0 Å². The van der Waals surface area contributed by atoms with E-state index < -0.39 is 0 Å². The van der Waals surface area contributed by atoms with Crippen molar-refractivity contribution in [1.82, 2.24) is 0 Å². The molecule has 0 radical (unpaired) electrons. The Hall–Kier alpha value is -0.660.